The summed E-state index contributed by atoms with van der Waals surface area (Å²) in [5.74, 6) is -0.513. The monoisotopic (exact) mass is 483 g/mol. The number of hydrogen-bond acceptors (Lipinski definition) is 6. The fourth-order valence-electron chi connectivity index (χ4n) is 5.85. The lowest BCUT2D eigenvalue weighted by Crippen LogP contribution is -2.57. The first-order chi connectivity index (χ1) is 16.3. The van der Waals surface area contributed by atoms with Gasteiger partial charge in [0.15, 0.2) is 0 Å². The van der Waals surface area contributed by atoms with E-state index in [1.807, 2.05) is 34.0 Å². The van der Waals surface area contributed by atoms with Crippen LogP contribution in [0.2, 0.25) is 0 Å². The topological polar surface area (TPSA) is 132 Å². The molecule has 2 aliphatic heterocycles. The molecule has 1 saturated carbocycles. The quantitative estimate of drug-likeness (QED) is 0.535. The number of nitrogens with zero attached hydrogens (tertiary/aromatic N) is 4. The first-order valence-electron chi connectivity index (χ1n) is 12.4. The number of aryl methyl sites for hydroxylation is 1. The van der Waals surface area contributed by atoms with Gasteiger partial charge in [-0.2, -0.15) is 10.4 Å². The summed E-state index contributed by atoms with van der Waals surface area (Å²) in [6, 6.07) is 0.164. The number of amides is 3. The van der Waals surface area contributed by atoms with Crippen LogP contribution >= 0.6 is 0 Å². The van der Waals surface area contributed by atoms with Crippen molar-refractivity contribution in [3.63, 3.8) is 0 Å². The number of rotatable bonds is 7. The van der Waals surface area contributed by atoms with Gasteiger partial charge in [0.05, 0.1) is 18.0 Å². The molecule has 10 heteroatoms. The van der Waals surface area contributed by atoms with Crippen LogP contribution in [0.5, 0.6) is 0 Å². The highest BCUT2D eigenvalue weighted by Gasteiger charge is 2.69. The Hall–Kier alpha value is -3.09. The molecule has 3 fully saturated rings. The summed E-state index contributed by atoms with van der Waals surface area (Å²) in [5, 5.41) is 22.8. The largest absolute Gasteiger partial charge is 0.371 e. The SMILES string of the molecule is Cn1cc(N[C@H](C(=O)N2C[C@H]3[C@@H]([C@H]2C(=O)N[C@H](C#N)C[C@@H]2CCNC2=O)C3(C)C)C(C)(C)C)cn1. The van der Waals surface area contributed by atoms with Gasteiger partial charge in [-0.3, -0.25) is 19.1 Å². The third kappa shape index (κ3) is 4.73. The molecule has 1 aromatic rings. The number of carbonyl (C=O) groups excluding carboxylic acids is 3. The summed E-state index contributed by atoms with van der Waals surface area (Å²) in [5.41, 5.74) is 0.285. The molecular weight excluding hydrogens is 446 g/mol. The minimum atomic E-state index is -0.777. The van der Waals surface area contributed by atoms with Crippen LogP contribution in [0.15, 0.2) is 12.4 Å². The number of anilines is 1. The van der Waals surface area contributed by atoms with Crippen LogP contribution in [0.1, 0.15) is 47.5 Å². The van der Waals surface area contributed by atoms with Crippen LogP contribution in [0.3, 0.4) is 0 Å². The second-order valence-corrected chi connectivity index (χ2v) is 11.9. The lowest BCUT2D eigenvalue weighted by molar-refractivity contribution is -0.142. The number of aromatic nitrogens is 2. The van der Waals surface area contributed by atoms with Crippen LogP contribution in [-0.2, 0) is 21.4 Å². The third-order valence-electron chi connectivity index (χ3n) is 8.04. The Kier molecular flexibility index (Phi) is 6.32. The van der Waals surface area contributed by atoms with E-state index in [2.05, 4.69) is 41.0 Å². The molecular formula is C25H37N7O3. The number of fused-ring (bicyclic) bond motifs is 1. The van der Waals surface area contributed by atoms with Gasteiger partial charge in [-0.05, 0) is 35.5 Å². The number of nitriles is 1. The molecule has 0 radical (unpaired) electrons. The predicted molar refractivity (Wildman–Crippen MR) is 130 cm³/mol. The Morgan fingerprint density at radius 1 is 1.37 bits per heavy atom. The Morgan fingerprint density at radius 2 is 2.09 bits per heavy atom. The smallest absolute Gasteiger partial charge is 0.246 e. The van der Waals surface area contributed by atoms with Gasteiger partial charge in [-0.25, -0.2) is 0 Å². The zero-order valence-corrected chi connectivity index (χ0v) is 21.5. The zero-order chi connectivity index (χ0) is 25.7. The van der Waals surface area contributed by atoms with E-state index < -0.39 is 23.5 Å². The van der Waals surface area contributed by atoms with Crippen molar-refractivity contribution < 1.29 is 14.4 Å². The molecule has 3 aliphatic rings. The molecule has 190 valence electrons. The van der Waals surface area contributed by atoms with Crippen LogP contribution in [0.4, 0.5) is 5.69 Å². The van der Waals surface area contributed by atoms with E-state index >= 15 is 0 Å². The van der Waals surface area contributed by atoms with E-state index in [9.17, 15) is 19.6 Å². The minimum Gasteiger partial charge on any atom is -0.371 e. The molecule has 10 nitrogen and oxygen atoms in total. The fourth-order valence-corrected chi connectivity index (χ4v) is 5.85. The van der Waals surface area contributed by atoms with Gasteiger partial charge in [0.1, 0.15) is 18.1 Å². The molecule has 3 N–H and O–H groups in total. The Labute approximate surface area is 206 Å². The summed E-state index contributed by atoms with van der Waals surface area (Å²) in [6.07, 6.45) is 4.43. The van der Waals surface area contributed by atoms with E-state index in [-0.39, 0.29) is 47.3 Å². The van der Waals surface area contributed by atoms with Crippen LogP contribution in [0.25, 0.3) is 0 Å². The van der Waals surface area contributed by atoms with Gasteiger partial charge < -0.3 is 20.9 Å². The van der Waals surface area contributed by atoms with E-state index in [4.69, 9.17) is 0 Å². The summed E-state index contributed by atoms with van der Waals surface area (Å²) < 4.78 is 1.67. The second-order valence-electron chi connectivity index (χ2n) is 11.9. The Bertz CT molecular complexity index is 1050. The number of hydrogen-bond donors (Lipinski definition) is 3. The van der Waals surface area contributed by atoms with Gasteiger partial charge in [0, 0.05) is 32.3 Å². The van der Waals surface area contributed by atoms with Crippen molar-refractivity contribution in [2.45, 2.75) is 65.6 Å². The summed E-state index contributed by atoms with van der Waals surface area (Å²) in [4.78, 5) is 41.1. The van der Waals surface area contributed by atoms with Crippen molar-refractivity contribution in [1.82, 2.24) is 25.3 Å². The lowest BCUT2D eigenvalue weighted by atomic mass is 9.85. The van der Waals surface area contributed by atoms with Crippen LogP contribution in [0, 0.1) is 39.9 Å². The second kappa shape index (κ2) is 8.85. The van der Waals surface area contributed by atoms with Gasteiger partial charge in [-0.15, -0.1) is 0 Å². The molecule has 6 atom stereocenters. The Morgan fingerprint density at radius 3 is 2.63 bits per heavy atom. The molecule has 4 rings (SSSR count). The molecule has 2 saturated heterocycles. The van der Waals surface area contributed by atoms with E-state index in [1.54, 1.807) is 15.8 Å². The summed E-state index contributed by atoms with van der Waals surface area (Å²) >= 11 is 0. The van der Waals surface area contributed by atoms with Gasteiger partial charge in [0.25, 0.3) is 0 Å². The lowest BCUT2D eigenvalue weighted by Gasteiger charge is -2.38. The number of carbonyl (C=O) groups is 3. The van der Waals surface area contributed by atoms with Crippen molar-refractivity contribution >= 4 is 23.4 Å². The minimum absolute atomic E-state index is 0.0413. The van der Waals surface area contributed by atoms with Crippen LogP contribution < -0.4 is 16.0 Å². The molecule has 35 heavy (non-hydrogen) atoms. The number of likely N-dealkylation sites (tertiary alicyclic amines) is 1. The van der Waals surface area contributed by atoms with Gasteiger partial charge >= 0.3 is 0 Å². The normalized spacial score (nSPS) is 28.5. The van der Waals surface area contributed by atoms with Gasteiger partial charge in [-0.1, -0.05) is 34.6 Å². The predicted octanol–water partition coefficient (Wildman–Crippen LogP) is 1.26. The maximum atomic E-state index is 13.9. The van der Waals surface area contributed by atoms with Crippen molar-refractivity contribution in [2.24, 2.45) is 35.6 Å². The standard InChI is InChI=1S/C25H37N7O3/c1-24(2,3)20(29-16-11-28-31(6)12-16)23(35)32-13-17-18(25(17,4)5)19(32)22(34)30-15(10-26)9-14-7-8-27-21(14)33/h11-12,14-15,17-20,29H,7-9,13H2,1-6H3,(H,27,33)(H,30,34)/t14-,15-,17-,18-,19-,20+/m0/s1. The van der Waals surface area contributed by atoms with Crippen molar-refractivity contribution in [1.29, 1.82) is 5.26 Å². The molecule has 0 aromatic carbocycles. The molecule has 0 unspecified atom stereocenters. The van der Waals surface area contributed by atoms with E-state index in [0.717, 1.165) is 5.69 Å². The van der Waals surface area contributed by atoms with E-state index in [0.29, 0.717) is 19.5 Å². The van der Waals surface area contributed by atoms with E-state index in [1.165, 1.54) is 0 Å². The van der Waals surface area contributed by atoms with Crippen molar-refractivity contribution in [3.05, 3.63) is 12.4 Å². The molecule has 1 aliphatic carbocycles. The molecule has 1 aromatic heterocycles. The third-order valence-corrected chi connectivity index (χ3v) is 8.04. The number of nitrogens with one attached hydrogen (secondary N) is 3. The number of piperidine rings is 1. The highest BCUT2D eigenvalue weighted by molar-refractivity contribution is 5.93. The molecule has 3 amide bonds. The zero-order valence-electron chi connectivity index (χ0n) is 21.5. The molecule has 3 heterocycles. The maximum Gasteiger partial charge on any atom is 0.246 e. The fraction of sp³-hybridized carbons (Fsp3) is 0.720. The Balaban J connectivity index is 1.53. The summed E-state index contributed by atoms with van der Waals surface area (Å²) in [6.45, 7) is 11.3. The van der Waals surface area contributed by atoms with Gasteiger partial charge in [0.2, 0.25) is 17.7 Å². The average Bonchev–Trinajstić information content (AvgIpc) is 3.27. The maximum absolute atomic E-state index is 13.9. The highest BCUT2D eigenvalue weighted by atomic mass is 16.2. The average molecular weight is 484 g/mol. The summed E-state index contributed by atoms with van der Waals surface area (Å²) in [7, 11) is 1.82. The molecule has 0 spiro atoms. The first kappa shape index (κ1) is 25.0. The highest BCUT2D eigenvalue weighted by Crippen LogP contribution is 2.65. The first-order valence-corrected chi connectivity index (χ1v) is 12.4. The van der Waals surface area contributed by atoms with Crippen LogP contribution in [-0.4, -0.2) is 63.6 Å². The van der Waals surface area contributed by atoms with Crippen molar-refractivity contribution in [2.75, 3.05) is 18.4 Å². The molecule has 0 bridgehead atoms. The van der Waals surface area contributed by atoms with Crippen molar-refractivity contribution in [3.8, 4) is 6.07 Å².